The highest BCUT2D eigenvalue weighted by atomic mass is 16.5. The summed E-state index contributed by atoms with van der Waals surface area (Å²) < 4.78 is 17.2. The Kier molecular flexibility index (Phi) is 11.8. The Morgan fingerprint density at radius 1 is 1.00 bits per heavy atom. The molecule has 2 aliphatic carbocycles. The molecule has 0 saturated heterocycles. The molecular formula is C36H49N3O8. The van der Waals surface area contributed by atoms with Crippen molar-refractivity contribution in [1.29, 1.82) is 0 Å². The molecule has 0 spiro atoms. The van der Waals surface area contributed by atoms with Gasteiger partial charge in [-0.2, -0.15) is 0 Å². The lowest BCUT2D eigenvalue weighted by atomic mass is 9.71. The summed E-state index contributed by atoms with van der Waals surface area (Å²) in [5, 5.41) is 18.9. The summed E-state index contributed by atoms with van der Waals surface area (Å²) in [6.45, 7) is 5.73. The maximum Gasteiger partial charge on any atom is 0.303 e. The highest BCUT2D eigenvalue weighted by Crippen LogP contribution is 2.50. The molecule has 11 nitrogen and oxygen atoms in total. The van der Waals surface area contributed by atoms with Crippen molar-refractivity contribution < 1.29 is 33.7 Å². The third-order valence-corrected chi connectivity index (χ3v) is 9.35. The van der Waals surface area contributed by atoms with E-state index in [0.717, 1.165) is 43.2 Å². The van der Waals surface area contributed by atoms with E-state index in [2.05, 4.69) is 16.0 Å². The number of carboxylic acid groups (broad SMARTS) is 1. The number of carbonyl (C=O) groups is 3. The summed E-state index contributed by atoms with van der Waals surface area (Å²) in [4.78, 5) is 51.6. The SMILES string of the molecule is COc1cc2c(c(OC)c1OC)-c1ccc(NC(CC(C)C)C(=O)NCC3(CC(=O)O)CCCCC3)c(=O)cc1C(NC(C)=O)CC2. The van der Waals surface area contributed by atoms with Crippen LogP contribution in [0.1, 0.15) is 89.3 Å². The molecule has 2 unspecified atom stereocenters. The van der Waals surface area contributed by atoms with Crippen LogP contribution in [0.3, 0.4) is 0 Å². The number of hydrogen-bond donors (Lipinski definition) is 4. The van der Waals surface area contributed by atoms with Crippen LogP contribution in [0.25, 0.3) is 11.1 Å². The summed E-state index contributed by atoms with van der Waals surface area (Å²) in [5.41, 5.74) is 2.40. The number of aliphatic carboxylic acids is 1. The Morgan fingerprint density at radius 2 is 1.70 bits per heavy atom. The average molecular weight is 652 g/mol. The van der Waals surface area contributed by atoms with Crippen LogP contribution in [0, 0.1) is 11.3 Å². The predicted octanol–water partition coefficient (Wildman–Crippen LogP) is 5.23. The predicted molar refractivity (Wildman–Crippen MR) is 180 cm³/mol. The van der Waals surface area contributed by atoms with Gasteiger partial charge in [0.25, 0.3) is 0 Å². The van der Waals surface area contributed by atoms with E-state index in [0.29, 0.717) is 47.6 Å². The first-order valence-electron chi connectivity index (χ1n) is 16.5. The number of nitrogens with one attached hydrogen (secondary N) is 3. The highest BCUT2D eigenvalue weighted by molar-refractivity contribution is 5.86. The number of methoxy groups -OCH3 is 3. The van der Waals surface area contributed by atoms with E-state index in [1.54, 1.807) is 20.3 Å². The van der Waals surface area contributed by atoms with Crippen LogP contribution in [0.2, 0.25) is 0 Å². The molecule has 0 radical (unpaired) electrons. The van der Waals surface area contributed by atoms with Crippen molar-refractivity contribution in [2.75, 3.05) is 33.2 Å². The minimum atomic E-state index is -0.864. The molecule has 2 aromatic carbocycles. The van der Waals surface area contributed by atoms with Crippen molar-refractivity contribution in [2.24, 2.45) is 11.3 Å². The second-order valence-electron chi connectivity index (χ2n) is 13.3. The number of rotatable bonds is 13. The second-order valence-corrected chi connectivity index (χ2v) is 13.3. The topological polar surface area (TPSA) is 152 Å². The fourth-order valence-corrected chi connectivity index (χ4v) is 7.15. The Labute approximate surface area is 276 Å². The fourth-order valence-electron chi connectivity index (χ4n) is 7.15. The van der Waals surface area contributed by atoms with Crippen molar-refractivity contribution in [3.63, 3.8) is 0 Å². The van der Waals surface area contributed by atoms with Crippen molar-refractivity contribution in [3.8, 4) is 28.4 Å². The third-order valence-electron chi connectivity index (χ3n) is 9.35. The van der Waals surface area contributed by atoms with Crippen molar-refractivity contribution in [3.05, 3.63) is 45.6 Å². The smallest absolute Gasteiger partial charge is 0.303 e. The van der Waals surface area contributed by atoms with Gasteiger partial charge in [-0.05, 0) is 78.3 Å². The molecular weight excluding hydrogens is 602 g/mol. The zero-order chi connectivity index (χ0) is 34.3. The molecule has 0 aromatic heterocycles. The summed E-state index contributed by atoms with van der Waals surface area (Å²) >= 11 is 0. The highest BCUT2D eigenvalue weighted by Gasteiger charge is 2.36. The number of aryl methyl sites for hydroxylation is 1. The van der Waals surface area contributed by atoms with E-state index < -0.39 is 23.5 Å². The molecule has 1 saturated carbocycles. The van der Waals surface area contributed by atoms with Crippen LogP contribution in [0.15, 0.2) is 29.1 Å². The number of benzene rings is 1. The lowest BCUT2D eigenvalue weighted by Gasteiger charge is -2.36. The molecule has 256 valence electrons. The zero-order valence-electron chi connectivity index (χ0n) is 28.4. The summed E-state index contributed by atoms with van der Waals surface area (Å²) in [5.74, 6) is 0.146. The van der Waals surface area contributed by atoms with Crippen LogP contribution in [-0.2, 0) is 20.8 Å². The van der Waals surface area contributed by atoms with Gasteiger partial charge < -0.3 is 35.3 Å². The molecule has 2 aromatic rings. The van der Waals surface area contributed by atoms with Crippen LogP contribution in [0.5, 0.6) is 17.2 Å². The van der Waals surface area contributed by atoms with Crippen molar-refractivity contribution >= 4 is 23.5 Å². The van der Waals surface area contributed by atoms with Crippen LogP contribution >= 0.6 is 0 Å². The molecule has 0 bridgehead atoms. The zero-order valence-corrected chi connectivity index (χ0v) is 28.4. The van der Waals surface area contributed by atoms with E-state index in [4.69, 9.17) is 14.2 Å². The van der Waals surface area contributed by atoms with Crippen molar-refractivity contribution in [2.45, 2.75) is 90.6 Å². The Hall–Kier alpha value is -4.28. The quantitative estimate of drug-likeness (QED) is 0.228. The first-order chi connectivity index (χ1) is 22.4. The molecule has 2 amide bonds. The third kappa shape index (κ3) is 8.36. The van der Waals surface area contributed by atoms with Crippen LogP contribution in [0.4, 0.5) is 5.69 Å². The minimum absolute atomic E-state index is 0.0113. The van der Waals surface area contributed by atoms with Gasteiger partial charge in [-0.25, -0.2) is 0 Å². The lowest BCUT2D eigenvalue weighted by molar-refractivity contribution is -0.140. The summed E-state index contributed by atoms with van der Waals surface area (Å²) in [7, 11) is 4.64. The van der Waals surface area contributed by atoms with Crippen molar-refractivity contribution in [1.82, 2.24) is 10.6 Å². The van der Waals surface area contributed by atoms with Crippen LogP contribution in [-0.4, -0.2) is 56.8 Å². The molecule has 4 rings (SSSR count). The van der Waals surface area contributed by atoms with Gasteiger partial charge in [0.1, 0.15) is 6.04 Å². The number of carbonyl (C=O) groups excluding carboxylic acids is 2. The summed E-state index contributed by atoms with van der Waals surface area (Å²) in [6, 6.07) is 5.73. The molecule has 2 atom stereocenters. The first-order valence-corrected chi connectivity index (χ1v) is 16.5. The molecule has 0 heterocycles. The Balaban J connectivity index is 1.76. The maximum atomic E-state index is 13.9. The average Bonchev–Trinajstić information content (AvgIpc) is 3.26. The van der Waals surface area contributed by atoms with Gasteiger partial charge in [-0.3, -0.25) is 19.2 Å². The van der Waals surface area contributed by atoms with Gasteiger partial charge in [-0.1, -0.05) is 39.2 Å². The molecule has 47 heavy (non-hydrogen) atoms. The molecule has 11 heteroatoms. The first kappa shape index (κ1) is 35.6. The Morgan fingerprint density at radius 3 is 2.30 bits per heavy atom. The van der Waals surface area contributed by atoms with Gasteiger partial charge in [0.15, 0.2) is 11.5 Å². The Bertz CT molecular complexity index is 1530. The maximum absolute atomic E-state index is 13.9. The molecule has 4 N–H and O–H groups in total. The normalized spacial score (nSPS) is 17.3. The van der Waals surface area contributed by atoms with Crippen LogP contribution < -0.4 is 35.6 Å². The number of ether oxygens (including phenoxy) is 3. The van der Waals surface area contributed by atoms with Gasteiger partial charge in [0.05, 0.1) is 39.5 Å². The van der Waals surface area contributed by atoms with Gasteiger partial charge >= 0.3 is 5.97 Å². The largest absolute Gasteiger partial charge is 0.493 e. The number of fused-ring (bicyclic) bond motifs is 3. The van der Waals surface area contributed by atoms with Gasteiger partial charge in [0, 0.05) is 19.0 Å². The molecule has 2 aliphatic rings. The lowest BCUT2D eigenvalue weighted by Crippen LogP contribution is -2.46. The fraction of sp³-hybridized carbons (Fsp3) is 0.556. The minimum Gasteiger partial charge on any atom is -0.493 e. The number of hydrogen-bond acceptors (Lipinski definition) is 8. The molecule has 0 aliphatic heterocycles. The van der Waals surface area contributed by atoms with E-state index in [9.17, 15) is 24.3 Å². The number of amides is 2. The van der Waals surface area contributed by atoms with E-state index in [1.165, 1.54) is 20.1 Å². The monoisotopic (exact) mass is 651 g/mol. The van der Waals surface area contributed by atoms with Gasteiger partial charge in [0.2, 0.25) is 23.0 Å². The standard InChI is InChI=1S/C36H49N3O8/c1-21(2)16-28(35(44)37-20-36(19-31(42)43)14-8-7-9-15-36)39-27-13-11-24-25(18-29(27)41)26(38-22(3)40)12-10-23-17-30(45-4)33(46-5)34(47-6)32(23)24/h11,13,17-18,21,26,28H,7-10,12,14-16,19-20H2,1-6H3,(H,37,44)(H,38,40)(H,39,41)(H,42,43). The van der Waals surface area contributed by atoms with E-state index in [1.807, 2.05) is 26.0 Å². The van der Waals surface area contributed by atoms with E-state index >= 15 is 0 Å². The second kappa shape index (κ2) is 15.5. The number of carboxylic acids is 1. The summed E-state index contributed by atoms with van der Waals surface area (Å²) in [6.07, 6.45) is 6.02. The molecule has 1 fully saturated rings. The van der Waals surface area contributed by atoms with Gasteiger partial charge in [-0.15, -0.1) is 0 Å². The van der Waals surface area contributed by atoms with E-state index in [-0.39, 0.29) is 41.8 Å². The number of anilines is 1.